The van der Waals surface area contributed by atoms with Crippen LogP contribution in [0.2, 0.25) is 0 Å². The second-order valence-electron chi connectivity index (χ2n) is 4.22. The van der Waals surface area contributed by atoms with E-state index in [4.69, 9.17) is 4.74 Å². The van der Waals surface area contributed by atoms with Crippen LogP contribution in [0.4, 0.5) is 0 Å². The molecule has 3 rings (SSSR count). The topological polar surface area (TPSA) is 60.2 Å². The number of nitrogens with zero attached hydrogens (tertiary/aromatic N) is 3. The summed E-state index contributed by atoms with van der Waals surface area (Å²) in [6.45, 7) is 0. The molecule has 0 amide bonds. The van der Waals surface area contributed by atoms with Gasteiger partial charge in [-0.15, -0.1) is 0 Å². The first-order valence-electron chi connectivity index (χ1n) is 6.13. The third-order valence-corrected chi connectivity index (χ3v) is 2.92. The summed E-state index contributed by atoms with van der Waals surface area (Å²) < 4.78 is 6.59. The molecule has 5 heteroatoms. The molecule has 0 spiro atoms. The molecule has 0 atom stereocenters. The number of rotatable bonds is 3. The van der Waals surface area contributed by atoms with Gasteiger partial charge in [-0.1, -0.05) is 18.2 Å². The van der Waals surface area contributed by atoms with Gasteiger partial charge in [-0.05, 0) is 24.3 Å². The number of pyridine rings is 1. The highest BCUT2D eigenvalue weighted by Crippen LogP contribution is 2.26. The lowest BCUT2D eigenvalue weighted by atomic mass is 10.1. The summed E-state index contributed by atoms with van der Waals surface area (Å²) in [6, 6.07) is 14.6. The standard InChI is InChI=1S/C15H13N3O2/c1-20-12-6-4-5-11(9-12)13-10-15(19)18(17-13)14-7-2-3-8-16-14/h2-10,19H,1H3. The number of ether oxygens (including phenoxy) is 1. The molecule has 0 unspecified atom stereocenters. The monoisotopic (exact) mass is 267 g/mol. The first-order valence-corrected chi connectivity index (χ1v) is 6.13. The Morgan fingerprint density at radius 3 is 2.75 bits per heavy atom. The van der Waals surface area contributed by atoms with Gasteiger partial charge in [0.15, 0.2) is 5.82 Å². The molecular weight excluding hydrogens is 254 g/mol. The predicted octanol–water partition coefficient (Wildman–Crippen LogP) is 2.65. The Bertz CT molecular complexity index is 723. The molecule has 0 aliphatic heterocycles. The molecule has 0 fully saturated rings. The van der Waals surface area contributed by atoms with Crippen molar-refractivity contribution in [3.8, 4) is 28.7 Å². The molecule has 0 aliphatic rings. The second-order valence-corrected chi connectivity index (χ2v) is 4.22. The highest BCUT2D eigenvalue weighted by Gasteiger charge is 2.11. The number of methoxy groups -OCH3 is 1. The van der Waals surface area contributed by atoms with Crippen LogP contribution in [0.25, 0.3) is 17.1 Å². The van der Waals surface area contributed by atoms with Crippen molar-refractivity contribution in [2.75, 3.05) is 7.11 Å². The van der Waals surface area contributed by atoms with Crippen molar-refractivity contribution >= 4 is 0 Å². The molecule has 20 heavy (non-hydrogen) atoms. The summed E-state index contributed by atoms with van der Waals surface area (Å²) in [6.07, 6.45) is 1.65. The van der Waals surface area contributed by atoms with Crippen molar-refractivity contribution in [2.24, 2.45) is 0 Å². The fourth-order valence-electron chi connectivity index (χ4n) is 1.94. The largest absolute Gasteiger partial charge is 0.497 e. The minimum Gasteiger partial charge on any atom is -0.497 e. The summed E-state index contributed by atoms with van der Waals surface area (Å²) in [4.78, 5) is 4.17. The van der Waals surface area contributed by atoms with Crippen LogP contribution >= 0.6 is 0 Å². The van der Waals surface area contributed by atoms with Crippen LogP contribution in [0.1, 0.15) is 0 Å². The van der Waals surface area contributed by atoms with E-state index in [0.29, 0.717) is 11.5 Å². The van der Waals surface area contributed by atoms with Crippen LogP contribution in [0, 0.1) is 0 Å². The Balaban J connectivity index is 2.04. The Hall–Kier alpha value is -2.82. The molecule has 3 aromatic rings. The number of hydrogen-bond donors (Lipinski definition) is 1. The fourth-order valence-corrected chi connectivity index (χ4v) is 1.94. The minimum absolute atomic E-state index is 0.0431. The molecule has 0 bridgehead atoms. The van der Waals surface area contributed by atoms with Gasteiger partial charge in [0.2, 0.25) is 5.88 Å². The molecule has 100 valence electrons. The van der Waals surface area contributed by atoms with Gasteiger partial charge in [0, 0.05) is 17.8 Å². The molecule has 2 aromatic heterocycles. The first kappa shape index (κ1) is 12.2. The molecule has 1 N–H and O–H groups in total. The Kier molecular flexibility index (Phi) is 3.09. The zero-order valence-electron chi connectivity index (χ0n) is 10.9. The zero-order valence-corrected chi connectivity index (χ0v) is 10.9. The molecule has 2 heterocycles. The van der Waals surface area contributed by atoms with E-state index in [1.165, 1.54) is 4.68 Å². The first-order chi connectivity index (χ1) is 9.78. The smallest absolute Gasteiger partial charge is 0.216 e. The highest BCUT2D eigenvalue weighted by molar-refractivity contribution is 5.62. The lowest BCUT2D eigenvalue weighted by Crippen LogP contribution is -1.98. The van der Waals surface area contributed by atoms with E-state index < -0.39 is 0 Å². The molecule has 5 nitrogen and oxygen atoms in total. The van der Waals surface area contributed by atoms with Gasteiger partial charge in [0.25, 0.3) is 0 Å². The van der Waals surface area contributed by atoms with Crippen LogP contribution < -0.4 is 4.74 Å². The molecule has 1 aromatic carbocycles. The molecule has 0 saturated carbocycles. The molecule has 0 aliphatic carbocycles. The zero-order chi connectivity index (χ0) is 13.9. The lowest BCUT2D eigenvalue weighted by molar-refractivity contribution is 0.415. The third-order valence-electron chi connectivity index (χ3n) is 2.92. The average molecular weight is 267 g/mol. The number of aromatic nitrogens is 3. The number of hydrogen-bond acceptors (Lipinski definition) is 4. The molecular formula is C15H13N3O2. The predicted molar refractivity (Wildman–Crippen MR) is 75.0 cm³/mol. The van der Waals surface area contributed by atoms with E-state index in [1.54, 1.807) is 25.4 Å². The van der Waals surface area contributed by atoms with Gasteiger partial charge in [0.05, 0.1) is 12.8 Å². The number of aromatic hydroxyl groups is 1. The second kappa shape index (κ2) is 5.05. The van der Waals surface area contributed by atoms with Gasteiger partial charge < -0.3 is 9.84 Å². The maximum Gasteiger partial charge on any atom is 0.216 e. The van der Waals surface area contributed by atoms with Gasteiger partial charge in [0.1, 0.15) is 5.75 Å². The quantitative estimate of drug-likeness (QED) is 0.792. The van der Waals surface area contributed by atoms with Crippen molar-refractivity contribution < 1.29 is 9.84 Å². The summed E-state index contributed by atoms with van der Waals surface area (Å²) in [7, 11) is 1.61. The fraction of sp³-hybridized carbons (Fsp3) is 0.0667. The Morgan fingerprint density at radius 1 is 1.10 bits per heavy atom. The SMILES string of the molecule is COc1cccc(-c2cc(O)n(-c3ccccn3)n2)c1. The summed E-state index contributed by atoms with van der Waals surface area (Å²) in [5.41, 5.74) is 1.53. The van der Waals surface area contributed by atoms with Crippen molar-refractivity contribution in [1.82, 2.24) is 14.8 Å². The normalized spacial score (nSPS) is 10.4. The third kappa shape index (κ3) is 2.21. The van der Waals surface area contributed by atoms with E-state index in [1.807, 2.05) is 36.4 Å². The maximum atomic E-state index is 10.0. The van der Waals surface area contributed by atoms with Crippen molar-refractivity contribution in [3.05, 3.63) is 54.7 Å². The highest BCUT2D eigenvalue weighted by atomic mass is 16.5. The maximum absolute atomic E-state index is 10.0. The van der Waals surface area contributed by atoms with Crippen molar-refractivity contribution in [3.63, 3.8) is 0 Å². The minimum atomic E-state index is 0.0431. The Morgan fingerprint density at radius 2 is 2.00 bits per heavy atom. The molecule has 0 saturated heterocycles. The average Bonchev–Trinajstić information content (AvgIpc) is 2.90. The lowest BCUT2D eigenvalue weighted by Gasteiger charge is -2.02. The summed E-state index contributed by atoms with van der Waals surface area (Å²) in [5.74, 6) is 1.36. The van der Waals surface area contributed by atoms with Crippen LogP contribution in [-0.2, 0) is 0 Å². The van der Waals surface area contributed by atoms with Gasteiger partial charge >= 0.3 is 0 Å². The van der Waals surface area contributed by atoms with Crippen molar-refractivity contribution in [1.29, 1.82) is 0 Å². The Labute approximate surface area is 116 Å². The van der Waals surface area contributed by atoms with Crippen LogP contribution in [0.15, 0.2) is 54.7 Å². The van der Waals surface area contributed by atoms with Crippen LogP contribution in [-0.4, -0.2) is 27.0 Å². The van der Waals surface area contributed by atoms with Gasteiger partial charge in [-0.2, -0.15) is 9.78 Å². The molecule has 0 radical (unpaired) electrons. The number of benzene rings is 1. The summed E-state index contributed by atoms with van der Waals surface area (Å²) in [5, 5.41) is 14.4. The van der Waals surface area contributed by atoms with Gasteiger partial charge in [-0.25, -0.2) is 4.98 Å². The van der Waals surface area contributed by atoms with Crippen LogP contribution in [0.3, 0.4) is 0 Å². The van der Waals surface area contributed by atoms with Crippen LogP contribution in [0.5, 0.6) is 11.6 Å². The van der Waals surface area contributed by atoms with E-state index in [-0.39, 0.29) is 5.88 Å². The summed E-state index contributed by atoms with van der Waals surface area (Å²) >= 11 is 0. The van der Waals surface area contributed by atoms with E-state index in [2.05, 4.69) is 10.1 Å². The van der Waals surface area contributed by atoms with Gasteiger partial charge in [-0.3, -0.25) is 0 Å². The van der Waals surface area contributed by atoms with E-state index >= 15 is 0 Å². The van der Waals surface area contributed by atoms with Crippen molar-refractivity contribution in [2.45, 2.75) is 0 Å². The van der Waals surface area contributed by atoms with E-state index in [0.717, 1.165) is 11.3 Å². The van der Waals surface area contributed by atoms with E-state index in [9.17, 15) is 5.11 Å².